The van der Waals surface area contributed by atoms with E-state index < -0.39 is 0 Å². The van der Waals surface area contributed by atoms with E-state index in [1.165, 1.54) is 0 Å². The maximum Gasteiger partial charge on any atom is 0.233 e. The Morgan fingerprint density at radius 3 is 1.80 bits per heavy atom. The third-order valence-corrected chi connectivity index (χ3v) is 1.61. The number of nitrogens with zero attached hydrogens (tertiary/aromatic N) is 2. The maximum absolute atomic E-state index is 10.8. The fourth-order valence-corrected chi connectivity index (χ4v) is 0.847. The van der Waals surface area contributed by atoms with Crippen molar-refractivity contribution < 1.29 is 4.79 Å². The van der Waals surface area contributed by atoms with Crippen LogP contribution >= 0.6 is 0 Å². The lowest BCUT2D eigenvalue weighted by atomic mass is 10.6. The number of hydrogen-bond acceptors (Lipinski definition) is 2. The van der Waals surface area contributed by atoms with Crippen LogP contribution in [0.25, 0.3) is 0 Å². The first-order chi connectivity index (χ1) is 4.63. The van der Waals surface area contributed by atoms with E-state index in [1.54, 1.807) is 19.0 Å². The number of carbonyl (C=O) groups excluding carboxylic acids is 1. The molecule has 0 aliphatic rings. The van der Waals surface area contributed by atoms with Gasteiger partial charge in [-0.25, -0.2) is 5.01 Å². The van der Waals surface area contributed by atoms with E-state index in [9.17, 15) is 4.79 Å². The van der Waals surface area contributed by atoms with Crippen molar-refractivity contribution in [1.82, 2.24) is 10.0 Å². The predicted octanol–water partition coefficient (Wildman–Crippen LogP) is 0.721. The topological polar surface area (TPSA) is 23.6 Å². The SMILES string of the molecule is CCN(CC)N(C)C(C)=O. The predicted molar refractivity (Wildman–Crippen MR) is 41.4 cm³/mol. The highest BCUT2D eigenvalue weighted by Gasteiger charge is 2.07. The van der Waals surface area contributed by atoms with Crippen LogP contribution in [0.4, 0.5) is 0 Å². The van der Waals surface area contributed by atoms with Crippen molar-refractivity contribution in [2.24, 2.45) is 0 Å². The Hall–Kier alpha value is -0.570. The van der Waals surface area contributed by atoms with Crippen LogP contribution in [0.2, 0.25) is 0 Å². The van der Waals surface area contributed by atoms with Crippen molar-refractivity contribution in [3.63, 3.8) is 0 Å². The Morgan fingerprint density at radius 1 is 1.30 bits per heavy atom. The summed E-state index contributed by atoms with van der Waals surface area (Å²) in [5.41, 5.74) is 0. The lowest BCUT2D eigenvalue weighted by Crippen LogP contribution is -2.42. The molecule has 0 saturated carbocycles. The van der Waals surface area contributed by atoms with Gasteiger partial charge in [-0.05, 0) is 0 Å². The smallest absolute Gasteiger partial charge is 0.233 e. The number of hydrogen-bond donors (Lipinski definition) is 0. The van der Waals surface area contributed by atoms with Gasteiger partial charge in [-0.2, -0.15) is 0 Å². The van der Waals surface area contributed by atoms with Crippen LogP contribution in [-0.4, -0.2) is 36.1 Å². The average Bonchev–Trinajstić information content (AvgIpc) is 1.90. The van der Waals surface area contributed by atoms with Gasteiger partial charge in [0.1, 0.15) is 0 Å². The van der Waals surface area contributed by atoms with Crippen LogP contribution in [0.15, 0.2) is 0 Å². The third kappa shape index (κ3) is 2.35. The quantitative estimate of drug-likeness (QED) is 0.545. The molecular weight excluding hydrogens is 128 g/mol. The molecule has 0 aromatic heterocycles. The molecule has 0 aromatic rings. The number of carbonyl (C=O) groups is 1. The molecular formula is C7H16N2O. The van der Waals surface area contributed by atoms with Gasteiger partial charge >= 0.3 is 0 Å². The summed E-state index contributed by atoms with van der Waals surface area (Å²) < 4.78 is 0. The van der Waals surface area contributed by atoms with E-state index >= 15 is 0 Å². The molecule has 0 rings (SSSR count). The second kappa shape index (κ2) is 4.28. The van der Waals surface area contributed by atoms with Crippen LogP contribution in [0.1, 0.15) is 20.8 Å². The highest BCUT2D eigenvalue weighted by molar-refractivity contribution is 5.72. The Balaban J connectivity index is 3.88. The summed E-state index contributed by atoms with van der Waals surface area (Å²) in [6, 6.07) is 0. The van der Waals surface area contributed by atoms with E-state index in [1.807, 2.05) is 18.9 Å². The van der Waals surface area contributed by atoms with Gasteiger partial charge in [-0.3, -0.25) is 9.80 Å². The monoisotopic (exact) mass is 144 g/mol. The van der Waals surface area contributed by atoms with Crippen molar-refractivity contribution in [3.05, 3.63) is 0 Å². The van der Waals surface area contributed by atoms with E-state index in [2.05, 4.69) is 0 Å². The second-order valence-corrected chi connectivity index (χ2v) is 2.18. The first kappa shape index (κ1) is 9.43. The van der Waals surface area contributed by atoms with Gasteiger partial charge in [-0.15, -0.1) is 0 Å². The molecule has 3 heteroatoms. The van der Waals surface area contributed by atoms with E-state index in [0.717, 1.165) is 13.1 Å². The molecule has 10 heavy (non-hydrogen) atoms. The third-order valence-electron chi connectivity index (χ3n) is 1.61. The van der Waals surface area contributed by atoms with Gasteiger partial charge in [-0.1, -0.05) is 13.8 Å². The number of hydrazine groups is 1. The molecule has 0 unspecified atom stereocenters. The first-order valence-electron chi connectivity index (χ1n) is 3.62. The molecule has 0 atom stereocenters. The van der Waals surface area contributed by atoms with Crippen LogP contribution in [-0.2, 0) is 4.79 Å². The normalized spacial score (nSPS) is 10.1. The number of rotatable bonds is 3. The minimum atomic E-state index is 0.0868. The highest BCUT2D eigenvalue weighted by atomic mass is 16.2. The lowest BCUT2D eigenvalue weighted by molar-refractivity contribution is -0.142. The van der Waals surface area contributed by atoms with Crippen LogP contribution < -0.4 is 0 Å². The molecule has 0 aliphatic heterocycles. The lowest BCUT2D eigenvalue weighted by Gasteiger charge is -2.28. The summed E-state index contributed by atoms with van der Waals surface area (Å²) in [5.74, 6) is 0.0868. The molecule has 0 bridgehead atoms. The standard InChI is InChI=1S/C7H16N2O/c1-5-9(6-2)8(4)7(3)10/h5-6H2,1-4H3. The zero-order valence-electron chi connectivity index (χ0n) is 7.22. The minimum absolute atomic E-state index is 0.0868. The van der Waals surface area contributed by atoms with Gasteiger partial charge in [0, 0.05) is 27.1 Å². The van der Waals surface area contributed by atoms with Crippen LogP contribution in [0.5, 0.6) is 0 Å². The summed E-state index contributed by atoms with van der Waals surface area (Å²) in [6.07, 6.45) is 0. The van der Waals surface area contributed by atoms with Crippen molar-refractivity contribution in [2.45, 2.75) is 20.8 Å². The van der Waals surface area contributed by atoms with Crippen molar-refractivity contribution >= 4 is 5.91 Å². The summed E-state index contributed by atoms with van der Waals surface area (Å²) in [6.45, 7) is 7.39. The largest absolute Gasteiger partial charge is 0.279 e. The molecule has 0 heterocycles. The Labute approximate surface area is 62.6 Å². The van der Waals surface area contributed by atoms with Gasteiger partial charge in [0.2, 0.25) is 5.91 Å². The van der Waals surface area contributed by atoms with Crippen LogP contribution in [0, 0.1) is 0 Å². The molecule has 60 valence electrons. The number of amides is 1. The second-order valence-electron chi connectivity index (χ2n) is 2.18. The van der Waals surface area contributed by atoms with Crippen molar-refractivity contribution in [1.29, 1.82) is 0 Å². The van der Waals surface area contributed by atoms with Crippen molar-refractivity contribution in [2.75, 3.05) is 20.1 Å². The molecule has 0 aliphatic carbocycles. The molecule has 0 N–H and O–H groups in total. The van der Waals surface area contributed by atoms with Gasteiger partial charge in [0.15, 0.2) is 0 Å². The first-order valence-corrected chi connectivity index (χ1v) is 3.62. The maximum atomic E-state index is 10.8. The zero-order chi connectivity index (χ0) is 8.15. The molecule has 0 aromatic carbocycles. The molecule has 0 saturated heterocycles. The summed E-state index contributed by atoms with van der Waals surface area (Å²) in [4.78, 5) is 10.8. The Bertz CT molecular complexity index is 110. The van der Waals surface area contributed by atoms with Gasteiger partial charge < -0.3 is 0 Å². The van der Waals surface area contributed by atoms with Crippen molar-refractivity contribution in [3.8, 4) is 0 Å². The van der Waals surface area contributed by atoms with E-state index in [4.69, 9.17) is 0 Å². The minimum Gasteiger partial charge on any atom is -0.279 e. The highest BCUT2D eigenvalue weighted by Crippen LogP contribution is 1.92. The summed E-state index contributed by atoms with van der Waals surface area (Å²) >= 11 is 0. The van der Waals surface area contributed by atoms with Gasteiger partial charge in [0.05, 0.1) is 0 Å². The van der Waals surface area contributed by atoms with E-state index in [-0.39, 0.29) is 5.91 Å². The summed E-state index contributed by atoms with van der Waals surface area (Å²) in [5, 5.41) is 3.61. The average molecular weight is 144 g/mol. The fraction of sp³-hybridized carbons (Fsp3) is 0.857. The summed E-state index contributed by atoms with van der Waals surface area (Å²) in [7, 11) is 1.79. The Kier molecular flexibility index (Phi) is 4.03. The van der Waals surface area contributed by atoms with Crippen LogP contribution in [0.3, 0.4) is 0 Å². The molecule has 0 fully saturated rings. The van der Waals surface area contributed by atoms with E-state index in [0.29, 0.717) is 0 Å². The molecule has 0 radical (unpaired) electrons. The Morgan fingerprint density at radius 2 is 1.70 bits per heavy atom. The zero-order valence-corrected chi connectivity index (χ0v) is 7.22. The fourth-order valence-electron chi connectivity index (χ4n) is 0.847. The van der Waals surface area contributed by atoms with Gasteiger partial charge in [0.25, 0.3) is 0 Å². The molecule has 0 spiro atoms. The molecule has 3 nitrogen and oxygen atoms in total. The molecule has 1 amide bonds.